The highest BCUT2D eigenvalue weighted by molar-refractivity contribution is 5.40. The average molecular weight is 265 g/mol. The van der Waals surface area contributed by atoms with Gasteiger partial charge in [0.05, 0.1) is 6.61 Å². The molecule has 1 rings (SSSR count). The number of ether oxygens (including phenoxy) is 1. The van der Waals surface area contributed by atoms with Gasteiger partial charge in [0.1, 0.15) is 5.82 Å². The van der Waals surface area contributed by atoms with E-state index in [2.05, 4.69) is 55.0 Å². The Bertz CT molecular complexity index is 374. The van der Waals surface area contributed by atoms with Crippen LogP contribution in [0.4, 0.5) is 5.82 Å². The zero-order valence-electron chi connectivity index (χ0n) is 12.9. The van der Waals surface area contributed by atoms with Crippen molar-refractivity contribution in [2.45, 2.75) is 39.8 Å². The molecule has 0 atom stereocenters. The first-order valence-corrected chi connectivity index (χ1v) is 6.90. The van der Waals surface area contributed by atoms with Crippen LogP contribution in [-0.2, 0) is 11.3 Å². The normalized spacial score (nSPS) is 11.6. The van der Waals surface area contributed by atoms with Gasteiger partial charge in [0, 0.05) is 38.5 Å². The van der Waals surface area contributed by atoms with Crippen molar-refractivity contribution >= 4 is 5.82 Å². The van der Waals surface area contributed by atoms with Crippen LogP contribution in [0.5, 0.6) is 0 Å². The van der Waals surface area contributed by atoms with Crippen LogP contribution in [0, 0.1) is 0 Å². The van der Waals surface area contributed by atoms with Gasteiger partial charge in [-0.2, -0.15) is 0 Å². The van der Waals surface area contributed by atoms with E-state index in [1.54, 1.807) is 7.11 Å². The van der Waals surface area contributed by atoms with Gasteiger partial charge in [-0.05, 0) is 45.4 Å². The minimum Gasteiger partial charge on any atom is -0.383 e. The summed E-state index contributed by atoms with van der Waals surface area (Å²) < 4.78 is 5.14. The van der Waals surface area contributed by atoms with Gasteiger partial charge < -0.3 is 15.0 Å². The number of nitrogens with one attached hydrogen (secondary N) is 1. The number of anilines is 1. The molecule has 0 aliphatic rings. The van der Waals surface area contributed by atoms with Crippen molar-refractivity contribution in [3.63, 3.8) is 0 Å². The first-order chi connectivity index (χ1) is 8.96. The van der Waals surface area contributed by atoms with Crippen LogP contribution in [0.3, 0.4) is 0 Å². The molecule has 1 heterocycles. The Balaban J connectivity index is 2.69. The summed E-state index contributed by atoms with van der Waals surface area (Å²) in [5, 5.41) is 3.49. The Kier molecular flexibility index (Phi) is 6.25. The maximum atomic E-state index is 5.14. The van der Waals surface area contributed by atoms with Crippen LogP contribution >= 0.6 is 0 Å². The molecule has 0 unspecified atom stereocenters. The van der Waals surface area contributed by atoms with Crippen molar-refractivity contribution in [2.24, 2.45) is 0 Å². The predicted molar refractivity (Wildman–Crippen MR) is 80.6 cm³/mol. The molecule has 0 aliphatic heterocycles. The molecule has 4 heteroatoms. The quantitative estimate of drug-likeness (QED) is 0.821. The maximum Gasteiger partial charge on any atom is 0.128 e. The zero-order valence-corrected chi connectivity index (χ0v) is 12.9. The minimum absolute atomic E-state index is 0.129. The third kappa shape index (κ3) is 6.03. The first kappa shape index (κ1) is 15.9. The minimum atomic E-state index is 0.129. The van der Waals surface area contributed by atoms with E-state index in [9.17, 15) is 0 Å². The van der Waals surface area contributed by atoms with Gasteiger partial charge in [0.25, 0.3) is 0 Å². The molecular formula is C15H27N3O. The molecule has 4 nitrogen and oxygen atoms in total. The Morgan fingerprint density at radius 2 is 2.11 bits per heavy atom. The molecule has 0 radical (unpaired) electrons. The molecule has 0 bridgehead atoms. The van der Waals surface area contributed by atoms with Gasteiger partial charge in [-0.15, -0.1) is 0 Å². The standard InChI is InChI=1S/C15H27N3O/c1-6-18(9-10-19-5)14-11-13(7-8-16-14)12-17-15(2,3)4/h7-8,11,17H,6,9-10,12H2,1-5H3. The summed E-state index contributed by atoms with van der Waals surface area (Å²) in [5.74, 6) is 1.02. The number of aromatic nitrogens is 1. The van der Waals surface area contributed by atoms with E-state index in [-0.39, 0.29) is 5.54 Å². The molecule has 108 valence electrons. The number of pyridine rings is 1. The SMILES string of the molecule is CCN(CCOC)c1cc(CNC(C)(C)C)ccn1. The second kappa shape index (κ2) is 7.46. The Hall–Kier alpha value is -1.13. The number of rotatable bonds is 7. The van der Waals surface area contributed by atoms with Crippen LogP contribution in [0.1, 0.15) is 33.3 Å². The van der Waals surface area contributed by atoms with E-state index in [4.69, 9.17) is 4.74 Å². The largest absolute Gasteiger partial charge is 0.383 e. The summed E-state index contributed by atoms with van der Waals surface area (Å²) >= 11 is 0. The highest BCUT2D eigenvalue weighted by Gasteiger charge is 2.10. The Morgan fingerprint density at radius 1 is 1.37 bits per heavy atom. The number of nitrogens with zero attached hydrogens (tertiary/aromatic N) is 2. The number of methoxy groups -OCH3 is 1. The van der Waals surface area contributed by atoms with Crippen LogP contribution in [0.2, 0.25) is 0 Å². The smallest absolute Gasteiger partial charge is 0.128 e. The van der Waals surface area contributed by atoms with Gasteiger partial charge in [0.2, 0.25) is 0 Å². The van der Waals surface area contributed by atoms with Crippen molar-refractivity contribution in [2.75, 3.05) is 31.7 Å². The lowest BCUT2D eigenvalue weighted by Crippen LogP contribution is -2.35. The Labute approximate surface area is 117 Å². The molecule has 0 aliphatic carbocycles. The molecule has 0 aromatic carbocycles. The van der Waals surface area contributed by atoms with E-state index in [0.717, 1.165) is 32.1 Å². The number of hydrogen-bond acceptors (Lipinski definition) is 4. The van der Waals surface area contributed by atoms with Gasteiger partial charge in [-0.3, -0.25) is 0 Å². The topological polar surface area (TPSA) is 37.4 Å². The molecular weight excluding hydrogens is 238 g/mol. The van der Waals surface area contributed by atoms with E-state index in [1.165, 1.54) is 5.56 Å². The lowest BCUT2D eigenvalue weighted by molar-refractivity contribution is 0.205. The van der Waals surface area contributed by atoms with Crippen LogP contribution in [0.15, 0.2) is 18.3 Å². The third-order valence-corrected chi connectivity index (χ3v) is 2.90. The van der Waals surface area contributed by atoms with E-state index in [0.29, 0.717) is 0 Å². The highest BCUT2D eigenvalue weighted by atomic mass is 16.5. The molecule has 0 fully saturated rings. The zero-order chi connectivity index (χ0) is 14.3. The van der Waals surface area contributed by atoms with Crippen molar-refractivity contribution in [1.29, 1.82) is 0 Å². The molecule has 19 heavy (non-hydrogen) atoms. The lowest BCUT2D eigenvalue weighted by atomic mass is 10.1. The molecule has 0 spiro atoms. The van der Waals surface area contributed by atoms with Crippen molar-refractivity contribution in [3.05, 3.63) is 23.9 Å². The monoisotopic (exact) mass is 265 g/mol. The van der Waals surface area contributed by atoms with Crippen LogP contribution < -0.4 is 10.2 Å². The van der Waals surface area contributed by atoms with Crippen molar-refractivity contribution < 1.29 is 4.74 Å². The van der Waals surface area contributed by atoms with Gasteiger partial charge in [-0.1, -0.05) is 0 Å². The lowest BCUT2D eigenvalue weighted by Gasteiger charge is -2.23. The third-order valence-electron chi connectivity index (χ3n) is 2.90. The highest BCUT2D eigenvalue weighted by Crippen LogP contribution is 2.13. The molecule has 0 amide bonds. The van der Waals surface area contributed by atoms with Crippen LogP contribution in [-0.4, -0.2) is 37.3 Å². The molecule has 0 saturated heterocycles. The fourth-order valence-corrected chi connectivity index (χ4v) is 1.75. The fourth-order valence-electron chi connectivity index (χ4n) is 1.75. The molecule has 1 N–H and O–H groups in total. The van der Waals surface area contributed by atoms with Gasteiger partial charge >= 0.3 is 0 Å². The van der Waals surface area contributed by atoms with Crippen molar-refractivity contribution in [1.82, 2.24) is 10.3 Å². The summed E-state index contributed by atoms with van der Waals surface area (Å²) in [6.07, 6.45) is 1.88. The van der Waals surface area contributed by atoms with Crippen LogP contribution in [0.25, 0.3) is 0 Å². The second-order valence-corrected chi connectivity index (χ2v) is 5.70. The van der Waals surface area contributed by atoms with E-state index in [1.807, 2.05) is 6.20 Å². The van der Waals surface area contributed by atoms with E-state index >= 15 is 0 Å². The number of hydrogen-bond donors (Lipinski definition) is 1. The van der Waals surface area contributed by atoms with E-state index < -0.39 is 0 Å². The summed E-state index contributed by atoms with van der Waals surface area (Å²) in [7, 11) is 1.73. The molecule has 1 aromatic heterocycles. The maximum absolute atomic E-state index is 5.14. The van der Waals surface area contributed by atoms with Gasteiger partial charge in [-0.25, -0.2) is 4.98 Å². The summed E-state index contributed by atoms with van der Waals surface area (Å²) in [6, 6.07) is 4.21. The van der Waals surface area contributed by atoms with Crippen molar-refractivity contribution in [3.8, 4) is 0 Å². The Morgan fingerprint density at radius 3 is 2.68 bits per heavy atom. The first-order valence-electron chi connectivity index (χ1n) is 6.90. The number of likely N-dealkylation sites (N-methyl/N-ethyl adjacent to an activating group) is 1. The molecule has 1 aromatic rings. The summed E-state index contributed by atoms with van der Waals surface area (Å²) in [5.41, 5.74) is 1.39. The second-order valence-electron chi connectivity index (χ2n) is 5.70. The average Bonchev–Trinajstić information content (AvgIpc) is 2.37. The predicted octanol–water partition coefficient (Wildman–Crippen LogP) is 2.44. The molecule has 0 saturated carbocycles. The fraction of sp³-hybridized carbons (Fsp3) is 0.667. The van der Waals surface area contributed by atoms with Gasteiger partial charge in [0.15, 0.2) is 0 Å². The summed E-state index contributed by atoms with van der Waals surface area (Å²) in [6.45, 7) is 12.0. The summed E-state index contributed by atoms with van der Waals surface area (Å²) in [4.78, 5) is 6.68.